The minimum absolute atomic E-state index is 0.209. The summed E-state index contributed by atoms with van der Waals surface area (Å²) in [6.45, 7) is 5.16. The minimum Gasteiger partial charge on any atom is -0.354 e. The van der Waals surface area contributed by atoms with E-state index in [2.05, 4.69) is 10.3 Å². The number of pyridine rings is 1. The van der Waals surface area contributed by atoms with Gasteiger partial charge in [0.15, 0.2) is 0 Å². The van der Waals surface area contributed by atoms with Gasteiger partial charge in [-0.05, 0) is 18.9 Å². The zero-order valence-corrected chi connectivity index (χ0v) is 13.5. The number of carbonyl (C=O) groups excluding carboxylic acids is 1. The molecule has 0 spiro atoms. The van der Waals surface area contributed by atoms with Crippen molar-refractivity contribution in [1.82, 2.24) is 14.9 Å². The summed E-state index contributed by atoms with van der Waals surface area (Å²) in [6, 6.07) is 7.86. The molecule has 0 aliphatic carbocycles. The number of rotatable bonds is 5. The molecule has 3 aromatic rings. The van der Waals surface area contributed by atoms with E-state index in [9.17, 15) is 9.59 Å². The Morgan fingerprint density at radius 3 is 2.70 bits per heavy atom. The highest BCUT2D eigenvalue weighted by atomic mass is 16.2. The standard InChI is InChI=1S/C18H21N3O2/c1-3-9-19-17(22)15-16-13(11-21(10-4-2)18(15)23)12-7-5-6-8-14(12)20-16/h5-8,11,20H,3-4,9-10H2,1-2H3,(H,19,22). The largest absolute Gasteiger partial charge is 0.354 e. The van der Waals surface area contributed by atoms with Gasteiger partial charge < -0.3 is 14.9 Å². The Labute approximate surface area is 134 Å². The van der Waals surface area contributed by atoms with Gasteiger partial charge in [-0.3, -0.25) is 9.59 Å². The van der Waals surface area contributed by atoms with Crippen LogP contribution in [0.1, 0.15) is 37.0 Å². The molecule has 0 bridgehead atoms. The number of amides is 1. The second-order valence-electron chi connectivity index (χ2n) is 5.72. The fourth-order valence-corrected chi connectivity index (χ4v) is 2.90. The Morgan fingerprint density at radius 2 is 1.96 bits per heavy atom. The number of hydrogen-bond acceptors (Lipinski definition) is 2. The Bertz CT molecular complexity index is 921. The molecule has 0 saturated heterocycles. The average Bonchev–Trinajstić information content (AvgIpc) is 2.91. The van der Waals surface area contributed by atoms with Crippen molar-refractivity contribution >= 4 is 27.7 Å². The first kappa shape index (κ1) is 15.3. The summed E-state index contributed by atoms with van der Waals surface area (Å²) in [5.74, 6) is -0.307. The normalized spacial score (nSPS) is 11.2. The molecule has 23 heavy (non-hydrogen) atoms. The lowest BCUT2D eigenvalue weighted by atomic mass is 10.1. The Hall–Kier alpha value is -2.56. The van der Waals surface area contributed by atoms with E-state index in [1.165, 1.54) is 0 Å². The number of benzene rings is 1. The molecule has 2 aromatic heterocycles. The molecule has 3 rings (SSSR count). The van der Waals surface area contributed by atoms with Crippen molar-refractivity contribution in [2.24, 2.45) is 0 Å². The summed E-state index contributed by atoms with van der Waals surface area (Å²) in [5.41, 5.74) is 1.53. The molecule has 2 heterocycles. The summed E-state index contributed by atoms with van der Waals surface area (Å²) in [6.07, 6.45) is 3.53. The van der Waals surface area contributed by atoms with Crippen molar-refractivity contribution in [3.05, 3.63) is 46.4 Å². The number of aromatic nitrogens is 2. The van der Waals surface area contributed by atoms with Crippen molar-refractivity contribution < 1.29 is 4.79 Å². The van der Waals surface area contributed by atoms with Gasteiger partial charge in [-0.25, -0.2) is 0 Å². The molecule has 0 atom stereocenters. The smallest absolute Gasteiger partial charge is 0.265 e. The van der Waals surface area contributed by atoms with Crippen LogP contribution in [0.2, 0.25) is 0 Å². The first-order valence-corrected chi connectivity index (χ1v) is 8.09. The maximum atomic E-state index is 12.7. The topological polar surface area (TPSA) is 66.9 Å². The van der Waals surface area contributed by atoms with E-state index in [0.29, 0.717) is 18.6 Å². The van der Waals surface area contributed by atoms with Crippen LogP contribution in [-0.4, -0.2) is 22.0 Å². The van der Waals surface area contributed by atoms with Gasteiger partial charge in [-0.2, -0.15) is 0 Å². The molecule has 1 aromatic carbocycles. The van der Waals surface area contributed by atoms with Gasteiger partial charge in [0.25, 0.3) is 11.5 Å². The third kappa shape index (κ3) is 2.63. The monoisotopic (exact) mass is 311 g/mol. The first-order chi connectivity index (χ1) is 11.2. The molecule has 1 amide bonds. The third-order valence-corrected chi connectivity index (χ3v) is 3.98. The van der Waals surface area contributed by atoms with Crippen LogP contribution in [0, 0.1) is 0 Å². The summed E-state index contributed by atoms with van der Waals surface area (Å²) in [5, 5.41) is 4.76. The molecule has 2 N–H and O–H groups in total. The van der Waals surface area contributed by atoms with Gasteiger partial charge in [0, 0.05) is 35.6 Å². The number of nitrogens with one attached hydrogen (secondary N) is 2. The SMILES string of the molecule is CCCNC(=O)c1c(=O)n(CCC)cc2c1[nH]c1ccccc12. The average molecular weight is 311 g/mol. The molecular weight excluding hydrogens is 290 g/mol. The Kier molecular flexibility index (Phi) is 4.19. The highest BCUT2D eigenvalue weighted by Crippen LogP contribution is 2.26. The van der Waals surface area contributed by atoms with Crippen LogP contribution in [0.5, 0.6) is 0 Å². The molecule has 5 heteroatoms. The summed E-state index contributed by atoms with van der Waals surface area (Å²) < 4.78 is 1.64. The second-order valence-corrected chi connectivity index (χ2v) is 5.72. The molecule has 120 valence electrons. The van der Waals surface area contributed by atoms with E-state index in [1.54, 1.807) is 4.57 Å². The molecule has 5 nitrogen and oxygen atoms in total. The minimum atomic E-state index is -0.307. The quantitative estimate of drug-likeness (QED) is 0.760. The number of aryl methyl sites for hydroxylation is 1. The highest BCUT2D eigenvalue weighted by Gasteiger charge is 2.19. The molecular formula is C18H21N3O2. The van der Waals surface area contributed by atoms with E-state index < -0.39 is 0 Å². The summed E-state index contributed by atoms with van der Waals surface area (Å²) in [4.78, 5) is 28.5. The van der Waals surface area contributed by atoms with Crippen LogP contribution in [0.4, 0.5) is 0 Å². The Balaban J connectivity index is 2.32. The number of nitrogens with zero attached hydrogens (tertiary/aromatic N) is 1. The van der Waals surface area contributed by atoms with E-state index in [-0.39, 0.29) is 17.0 Å². The summed E-state index contributed by atoms with van der Waals surface area (Å²) >= 11 is 0. The highest BCUT2D eigenvalue weighted by molar-refractivity contribution is 6.14. The van der Waals surface area contributed by atoms with Crippen LogP contribution in [-0.2, 0) is 6.54 Å². The van der Waals surface area contributed by atoms with Gasteiger partial charge in [0.2, 0.25) is 0 Å². The molecule has 0 fully saturated rings. The van der Waals surface area contributed by atoms with Crippen molar-refractivity contribution in [3.63, 3.8) is 0 Å². The number of carbonyl (C=O) groups is 1. The van der Waals surface area contributed by atoms with Gasteiger partial charge in [0.05, 0.1) is 5.52 Å². The van der Waals surface area contributed by atoms with Crippen LogP contribution in [0.25, 0.3) is 21.8 Å². The van der Waals surface area contributed by atoms with Crippen LogP contribution in [0.15, 0.2) is 35.3 Å². The molecule has 0 unspecified atom stereocenters. The lowest BCUT2D eigenvalue weighted by molar-refractivity contribution is 0.0953. The molecule has 0 radical (unpaired) electrons. The predicted molar refractivity (Wildman–Crippen MR) is 93.0 cm³/mol. The van der Waals surface area contributed by atoms with Crippen molar-refractivity contribution in [2.75, 3.05) is 6.54 Å². The number of fused-ring (bicyclic) bond motifs is 3. The zero-order chi connectivity index (χ0) is 16.4. The molecule has 0 aliphatic heterocycles. The number of para-hydroxylation sites is 1. The maximum absolute atomic E-state index is 12.7. The number of hydrogen-bond donors (Lipinski definition) is 2. The van der Waals surface area contributed by atoms with Crippen LogP contribution >= 0.6 is 0 Å². The van der Waals surface area contributed by atoms with E-state index in [0.717, 1.165) is 29.1 Å². The maximum Gasteiger partial charge on any atom is 0.265 e. The van der Waals surface area contributed by atoms with Gasteiger partial charge in [-0.1, -0.05) is 32.0 Å². The zero-order valence-electron chi connectivity index (χ0n) is 13.5. The third-order valence-electron chi connectivity index (χ3n) is 3.98. The van der Waals surface area contributed by atoms with E-state index >= 15 is 0 Å². The lowest BCUT2D eigenvalue weighted by Crippen LogP contribution is -2.33. The molecule has 0 aliphatic rings. The van der Waals surface area contributed by atoms with E-state index in [4.69, 9.17) is 0 Å². The first-order valence-electron chi connectivity index (χ1n) is 8.09. The predicted octanol–water partition coefficient (Wildman–Crippen LogP) is 3.03. The lowest BCUT2D eigenvalue weighted by Gasteiger charge is -2.09. The number of aromatic amines is 1. The van der Waals surface area contributed by atoms with Gasteiger partial charge in [-0.15, -0.1) is 0 Å². The van der Waals surface area contributed by atoms with Crippen molar-refractivity contribution in [2.45, 2.75) is 33.2 Å². The van der Waals surface area contributed by atoms with Gasteiger partial charge >= 0.3 is 0 Å². The van der Waals surface area contributed by atoms with E-state index in [1.807, 2.05) is 44.3 Å². The fraction of sp³-hybridized carbons (Fsp3) is 0.333. The summed E-state index contributed by atoms with van der Waals surface area (Å²) in [7, 11) is 0. The number of H-pyrrole nitrogens is 1. The Morgan fingerprint density at radius 1 is 1.17 bits per heavy atom. The van der Waals surface area contributed by atoms with Crippen LogP contribution < -0.4 is 10.9 Å². The van der Waals surface area contributed by atoms with Crippen molar-refractivity contribution in [3.8, 4) is 0 Å². The molecule has 0 saturated carbocycles. The van der Waals surface area contributed by atoms with Crippen LogP contribution in [0.3, 0.4) is 0 Å². The fourth-order valence-electron chi connectivity index (χ4n) is 2.90. The van der Waals surface area contributed by atoms with Crippen molar-refractivity contribution in [1.29, 1.82) is 0 Å². The second kappa shape index (κ2) is 6.28. The van der Waals surface area contributed by atoms with Gasteiger partial charge in [0.1, 0.15) is 5.56 Å².